The van der Waals surface area contributed by atoms with Crippen molar-refractivity contribution >= 4 is 23.2 Å². The zero-order valence-electron chi connectivity index (χ0n) is 13.1. The number of hydrogen-bond donors (Lipinski definition) is 1. The molecule has 2 heterocycles. The van der Waals surface area contributed by atoms with Crippen molar-refractivity contribution in [3.05, 3.63) is 77.2 Å². The molecule has 1 amide bonds. The maximum absolute atomic E-state index is 12.7. The fourth-order valence-electron chi connectivity index (χ4n) is 2.23. The Morgan fingerprint density at radius 3 is 2.50 bits per heavy atom. The molecule has 0 bridgehead atoms. The fraction of sp³-hybridized carbons (Fsp3) is 0.0556. The summed E-state index contributed by atoms with van der Waals surface area (Å²) < 4.78 is 38.2. The number of pyridine rings is 2. The first-order valence-electron chi connectivity index (χ1n) is 7.40. The summed E-state index contributed by atoms with van der Waals surface area (Å²) in [6.07, 6.45) is -1.48. The van der Waals surface area contributed by atoms with Gasteiger partial charge in [0.1, 0.15) is 5.69 Å². The van der Waals surface area contributed by atoms with Crippen LogP contribution in [0.5, 0.6) is 0 Å². The van der Waals surface area contributed by atoms with Crippen molar-refractivity contribution in [2.45, 2.75) is 6.18 Å². The number of nitrogens with one attached hydrogen (secondary N) is 1. The molecule has 0 aliphatic rings. The van der Waals surface area contributed by atoms with Gasteiger partial charge in [-0.05, 0) is 42.5 Å². The molecule has 8 heteroatoms. The molecule has 0 radical (unpaired) electrons. The van der Waals surface area contributed by atoms with Gasteiger partial charge in [0.05, 0.1) is 16.3 Å². The third-order valence-corrected chi connectivity index (χ3v) is 3.78. The number of carbonyl (C=O) groups is 1. The molecule has 0 fully saturated rings. The van der Waals surface area contributed by atoms with Crippen LogP contribution in [-0.4, -0.2) is 15.9 Å². The molecule has 2 aromatic heterocycles. The van der Waals surface area contributed by atoms with Gasteiger partial charge < -0.3 is 5.32 Å². The second kappa shape index (κ2) is 7.13. The third-order valence-electron chi connectivity index (χ3n) is 3.48. The Labute approximate surface area is 151 Å². The highest BCUT2D eigenvalue weighted by molar-refractivity contribution is 6.33. The van der Waals surface area contributed by atoms with Crippen LogP contribution in [0.3, 0.4) is 0 Å². The van der Waals surface area contributed by atoms with E-state index in [0.29, 0.717) is 16.3 Å². The van der Waals surface area contributed by atoms with Gasteiger partial charge in [-0.25, -0.2) is 0 Å². The molecule has 0 aliphatic heterocycles. The highest BCUT2D eigenvalue weighted by Gasteiger charge is 2.30. The van der Waals surface area contributed by atoms with Gasteiger partial charge in [0.15, 0.2) is 0 Å². The lowest BCUT2D eigenvalue weighted by molar-refractivity contribution is -0.137. The number of benzene rings is 1. The van der Waals surface area contributed by atoms with Crippen LogP contribution in [0.2, 0.25) is 5.02 Å². The van der Waals surface area contributed by atoms with E-state index in [1.54, 1.807) is 24.4 Å². The van der Waals surface area contributed by atoms with E-state index in [9.17, 15) is 18.0 Å². The normalized spacial score (nSPS) is 11.2. The standard InChI is InChI=1S/C18H11ClF3N3O/c19-14-5-2-8-23-16(14)11-6-7-15(24-10-11)17(26)25-13-4-1-3-12(9-13)18(20,21)22/h1-10H,(H,25,26). The van der Waals surface area contributed by atoms with Gasteiger partial charge in [0.2, 0.25) is 0 Å². The molecule has 0 saturated carbocycles. The van der Waals surface area contributed by atoms with Gasteiger partial charge in [-0.3, -0.25) is 14.8 Å². The van der Waals surface area contributed by atoms with Crippen molar-refractivity contribution < 1.29 is 18.0 Å². The van der Waals surface area contributed by atoms with Gasteiger partial charge in [0, 0.05) is 23.6 Å². The van der Waals surface area contributed by atoms with Crippen LogP contribution >= 0.6 is 11.6 Å². The first-order valence-corrected chi connectivity index (χ1v) is 7.78. The summed E-state index contributed by atoms with van der Waals surface area (Å²) in [5.41, 5.74) is 0.378. The van der Waals surface area contributed by atoms with Gasteiger partial charge in [-0.1, -0.05) is 17.7 Å². The van der Waals surface area contributed by atoms with E-state index in [1.165, 1.54) is 24.4 Å². The SMILES string of the molecule is O=C(Nc1cccc(C(F)(F)F)c1)c1ccc(-c2ncccc2Cl)cn1. The first kappa shape index (κ1) is 17.9. The quantitative estimate of drug-likeness (QED) is 0.693. The van der Waals surface area contributed by atoms with Gasteiger partial charge in [0.25, 0.3) is 5.91 Å². The van der Waals surface area contributed by atoms with Crippen molar-refractivity contribution in [2.24, 2.45) is 0 Å². The largest absolute Gasteiger partial charge is 0.416 e. The second-order valence-electron chi connectivity index (χ2n) is 5.30. The molecule has 0 saturated heterocycles. The number of halogens is 4. The summed E-state index contributed by atoms with van der Waals surface area (Å²) in [4.78, 5) is 20.4. The molecular weight excluding hydrogens is 367 g/mol. The number of aromatic nitrogens is 2. The average Bonchev–Trinajstić information content (AvgIpc) is 2.62. The monoisotopic (exact) mass is 377 g/mol. The molecule has 0 spiro atoms. The van der Waals surface area contributed by atoms with Crippen molar-refractivity contribution in [1.82, 2.24) is 9.97 Å². The number of carbonyl (C=O) groups excluding carboxylic acids is 1. The zero-order chi connectivity index (χ0) is 18.7. The number of nitrogens with zero attached hydrogens (tertiary/aromatic N) is 2. The Morgan fingerprint density at radius 2 is 1.85 bits per heavy atom. The predicted octanol–water partition coefficient (Wildman–Crippen LogP) is 5.07. The summed E-state index contributed by atoms with van der Waals surface area (Å²) in [7, 11) is 0. The smallest absolute Gasteiger partial charge is 0.321 e. The lowest BCUT2D eigenvalue weighted by Gasteiger charge is -2.10. The van der Waals surface area contributed by atoms with Gasteiger partial charge in [-0.2, -0.15) is 13.2 Å². The molecular formula is C18H11ClF3N3O. The Hall–Kier alpha value is -2.93. The molecule has 3 rings (SSSR count). The van der Waals surface area contributed by atoms with E-state index in [1.807, 2.05) is 0 Å². The molecule has 1 N–H and O–H groups in total. The molecule has 4 nitrogen and oxygen atoms in total. The number of rotatable bonds is 3. The molecule has 0 atom stereocenters. The maximum Gasteiger partial charge on any atom is 0.416 e. The van der Waals surface area contributed by atoms with E-state index in [2.05, 4.69) is 15.3 Å². The van der Waals surface area contributed by atoms with E-state index >= 15 is 0 Å². The topological polar surface area (TPSA) is 54.9 Å². The number of amides is 1. The lowest BCUT2D eigenvalue weighted by atomic mass is 10.1. The summed E-state index contributed by atoms with van der Waals surface area (Å²) in [6.45, 7) is 0. The van der Waals surface area contributed by atoms with Gasteiger partial charge >= 0.3 is 6.18 Å². The highest BCUT2D eigenvalue weighted by atomic mass is 35.5. The minimum Gasteiger partial charge on any atom is -0.321 e. The summed E-state index contributed by atoms with van der Waals surface area (Å²) in [5, 5.41) is 2.84. The number of anilines is 1. The average molecular weight is 378 g/mol. The first-order chi connectivity index (χ1) is 12.3. The van der Waals surface area contributed by atoms with Crippen molar-refractivity contribution in [3.63, 3.8) is 0 Å². The molecule has 3 aromatic rings. The highest BCUT2D eigenvalue weighted by Crippen LogP contribution is 2.30. The summed E-state index contributed by atoms with van der Waals surface area (Å²) in [5.74, 6) is -0.622. The van der Waals surface area contributed by atoms with Crippen LogP contribution in [0, 0.1) is 0 Å². The Kier molecular flexibility index (Phi) is 4.90. The van der Waals surface area contributed by atoms with Crippen LogP contribution < -0.4 is 5.32 Å². The third kappa shape index (κ3) is 4.00. The minimum atomic E-state index is -4.48. The van der Waals surface area contributed by atoms with Crippen LogP contribution in [0.15, 0.2) is 60.9 Å². The van der Waals surface area contributed by atoms with E-state index in [4.69, 9.17) is 11.6 Å². The Balaban J connectivity index is 1.78. The van der Waals surface area contributed by atoms with Crippen molar-refractivity contribution in [1.29, 1.82) is 0 Å². The van der Waals surface area contributed by atoms with Crippen molar-refractivity contribution in [3.8, 4) is 11.3 Å². The summed E-state index contributed by atoms with van der Waals surface area (Å²) >= 11 is 6.06. The fourth-order valence-corrected chi connectivity index (χ4v) is 2.47. The van der Waals surface area contributed by atoms with Crippen LogP contribution in [0.25, 0.3) is 11.3 Å². The zero-order valence-corrected chi connectivity index (χ0v) is 13.8. The van der Waals surface area contributed by atoms with Gasteiger partial charge in [-0.15, -0.1) is 0 Å². The Morgan fingerprint density at radius 1 is 1.04 bits per heavy atom. The number of hydrogen-bond acceptors (Lipinski definition) is 3. The number of alkyl halides is 3. The van der Waals surface area contributed by atoms with Crippen LogP contribution in [0.4, 0.5) is 18.9 Å². The van der Waals surface area contributed by atoms with Crippen molar-refractivity contribution in [2.75, 3.05) is 5.32 Å². The van der Waals surface area contributed by atoms with E-state index in [-0.39, 0.29) is 11.4 Å². The van der Waals surface area contributed by atoms with Crippen LogP contribution in [-0.2, 0) is 6.18 Å². The molecule has 26 heavy (non-hydrogen) atoms. The van der Waals surface area contributed by atoms with Crippen LogP contribution in [0.1, 0.15) is 16.1 Å². The van der Waals surface area contributed by atoms with E-state index < -0.39 is 17.6 Å². The molecule has 1 aromatic carbocycles. The minimum absolute atomic E-state index is 0.0310. The van der Waals surface area contributed by atoms with E-state index in [0.717, 1.165) is 12.1 Å². The molecule has 132 valence electrons. The lowest BCUT2D eigenvalue weighted by Crippen LogP contribution is -2.14. The Bertz CT molecular complexity index is 943. The second-order valence-corrected chi connectivity index (χ2v) is 5.71. The summed E-state index contributed by atoms with van der Waals surface area (Å²) in [6, 6.07) is 10.8. The molecule has 0 aliphatic carbocycles. The molecule has 0 unspecified atom stereocenters. The predicted molar refractivity (Wildman–Crippen MR) is 91.9 cm³/mol. The maximum atomic E-state index is 12.7.